The topological polar surface area (TPSA) is 62.7 Å². The van der Waals surface area contributed by atoms with Gasteiger partial charge < -0.3 is 14.7 Å². The minimum atomic E-state index is -0.917. The zero-order chi connectivity index (χ0) is 13.1. The highest BCUT2D eigenvalue weighted by molar-refractivity contribution is 5.95. The number of ether oxygens (including phenoxy) is 1. The first kappa shape index (κ1) is 12.8. The van der Waals surface area contributed by atoms with Gasteiger partial charge in [-0.3, -0.25) is 0 Å². The van der Waals surface area contributed by atoms with Crippen LogP contribution in [0.3, 0.4) is 0 Å². The number of anilines is 1. The Morgan fingerprint density at radius 1 is 1.39 bits per heavy atom. The summed E-state index contributed by atoms with van der Waals surface area (Å²) >= 11 is 0. The maximum absolute atomic E-state index is 11.4. The fourth-order valence-electron chi connectivity index (χ4n) is 2.27. The van der Waals surface area contributed by atoms with Crippen molar-refractivity contribution < 1.29 is 14.6 Å². The molecule has 2 rings (SSSR count). The van der Waals surface area contributed by atoms with Gasteiger partial charge in [0.1, 0.15) is 11.4 Å². The first-order valence-electron chi connectivity index (χ1n) is 6.14. The number of hydrogen-bond donors (Lipinski definition) is 1. The van der Waals surface area contributed by atoms with Crippen LogP contribution in [0.15, 0.2) is 6.07 Å². The summed E-state index contributed by atoms with van der Waals surface area (Å²) in [6.07, 6.45) is 0.897. The molecule has 0 bridgehead atoms. The van der Waals surface area contributed by atoms with E-state index < -0.39 is 5.97 Å². The SMILES string of the molecule is Cc1cc(C)c(C(=O)O)c(N2CCCOCC2)n1. The molecular formula is C13H18N2O3. The summed E-state index contributed by atoms with van der Waals surface area (Å²) in [7, 11) is 0. The maximum Gasteiger partial charge on any atom is 0.339 e. The number of carboxylic acid groups (broad SMARTS) is 1. The van der Waals surface area contributed by atoms with Crippen molar-refractivity contribution in [2.45, 2.75) is 20.3 Å². The van der Waals surface area contributed by atoms with Crippen LogP contribution in [0, 0.1) is 13.8 Å². The Kier molecular flexibility index (Phi) is 3.81. The molecule has 1 aromatic heterocycles. The average Bonchev–Trinajstić information content (AvgIpc) is 2.55. The first-order valence-corrected chi connectivity index (χ1v) is 6.14. The fourth-order valence-corrected chi connectivity index (χ4v) is 2.27. The highest BCUT2D eigenvalue weighted by Gasteiger charge is 2.21. The zero-order valence-electron chi connectivity index (χ0n) is 10.8. The monoisotopic (exact) mass is 250 g/mol. The number of aromatic carboxylic acids is 1. The summed E-state index contributed by atoms with van der Waals surface area (Å²) in [5.41, 5.74) is 1.91. The largest absolute Gasteiger partial charge is 0.478 e. The molecule has 18 heavy (non-hydrogen) atoms. The number of aromatic nitrogens is 1. The summed E-state index contributed by atoms with van der Waals surface area (Å²) < 4.78 is 5.39. The molecule has 0 atom stereocenters. The van der Waals surface area contributed by atoms with E-state index in [1.54, 1.807) is 6.07 Å². The summed E-state index contributed by atoms with van der Waals surface area (Å²) in [5.74, 6) is -0.342. The molecule has 1 N–H and O–H groups in total. The highest BCUT2D eigenvalue weighted by Crippen LogP contribution is 2.23. The van der Waals surface area contributed by atoms with Crippen LogP contribution in [0.2, 0.25) is 0 Å². The Morgan fingerprint density at radius 3 is 2.89 bits per heavy atom. The lowest BCUT2D eigenvalue weighted by molar-refractivity contribution is 0.0696. The Morgan fingerprint density at radius 2 is 2.17 bits per heavy atom. The van der Waals surface area contributed by atoms with Gasteiger partial charge in [-0.2, -0.15) is 0 Å². The molecule has 2 heterocycles. The van der Waals surface area contributed by atoms with Crippen LogP contribution in [0.25, 0.3) is 0 Å². The highest BCUT2D eigenvalue weighted by atomic mass is 16.5. The van der Waals surface area contributed by atoms with Crippen LogP contribution in [0.4, 0.5) is 5.82 Å². The predicted molar refractivity (Wildman–Crippen MR) is 68.3 cm³/mol. The Bertz CT molecular complexity index is 452. The van der Waals surface area contributed by atoms with Gasteiger partial charge in [0, 0.05) is 25.4 Å². The molecular weight excluding hydrogens is 232 g/mol. The Hall–Kier alpha value is -1.62. The van der Waals surface area contributed by atoms with E-state index in [-0.39, 0.29) is 0 Å². The molecule has 0 radical (unpaired) electrons. The lowest BCUT2D eigenvalue weighted by Gasteiger charge is -2.23. The Labute approximate surface area is 106 Å². The van der Waals surface area contributed by atoms with Crippen LogP contribution in [-0.2, 0) is 4.74 Å². The molecule has 5 heteroatoms. The molecule has 0 amide bonds. The van der Waals surface area contributed by atoms with Gasteiger partial charge in [0.05, 0.1) is 6.61 Å². The lowest BCUT2D eigenvalue weighted by atomic mass is 10.1. The summed E-state index contributed by atoms with van der Waals surface area (Å²) in [4.78, 5) is 17.8. The predicted octanol–water partition coefficient (Wildman–Crippen LogP) is 1.62. The van der Waals surface area contributed by atoms with Gasteiger partial charge >= 0.3 is 5.97 Å². The van der Waals surface area contributed by atoms with Crippen molar-refractivity contribution >= 4 is 11.8 Å². The van der Waals surface area contributed by atoms with Crippen molar-refractivity contribution in [1.29, 1.82) is 0 Å². The number of hydrogen-bond acceptors (Lipinski definition) is 4. The third kappa shape index (κ3) is 2.61. The van der Waals surface area contributed by atoms with Crippen molar-refractivity contribution in [3.05, 3.63) is 22.9 Å². The molecule has 0 saturated carbocycles. The molecule has 1 aromatic rings. The molecule has 1 fully saturated rings. The third-order valence-corrected chi connectivity index (χ3v) is 3.06. The van der Waals surface area contributed by atoms with E-state index in [2.05, 4.69) is 4.98 Å². The Balaban J connectivity index is 2.43. The quantitative estimate of drug-likeness (QED) is 0.864. The second-order valence-electron chi connectivity index (χ2n) is 4.54. The van der Waals surface area contributed by atoms with E-state index in [0.717, 1.165) is 30.8 Å². The van der Waals surface area contributed by atoms with Crippen LogP contribution in [0.1, 0.15) is 28.0 Å². The van der Waals surface area contributed by atoms with Gasteiger partial charge in [0.25, 0.3) is 0 Å². The standard InChI is InChI=1S/C13H18N2O3/c1-9-8-10(2)14-12(11(9)13(16)17)15-4-3-6-18-7-5-15/h8H,3-7H2,1-2H3,(H,16,17). The van der Waals surface area contributed by atoms with Crippen molar-refractivity contribution in [3.8, 4) is 0 Å². The smallest absolute Gasteiger partial charge is 0.339 e. The van der Waals surface area contributed by atoms with E-state index >= 15 is 0 Å². The lowest BCUT2D eigenvalue weighted by Crippen LogP contribution is -2.29. The molecule has 0 spiro atoms. The molecule has 0 unspecified atom stereocenters. The molecule has 0 aliphatic carbocycles. The fraction of sp³-hybridized carbons (Fsp3) is 0.538. The number of nitrogens with zero attached hydrogens (tertiary/aromatic N) is 2. The van der Waals surface area contributed by atoms with E-state index in [4.69, 9.17) is 4.74 Å². The van der Waals surface area contributed by atoms with Gasteiger partial charge in [-0.15, -0.1) is 0 Å². The average molecular weight is 250 g/mol. The van der Waals surface area contributed by atoms with Crippen molar-refractivity contribution in [2.75, 3.05) is 31.2 Å². The van der Waals surface area contributed by atoms with E-state index in [0.29, 0.717) is 24.5 Å². The summed E-state index contributed by atoms with van der Waals surface area (Å²) in [5, 5.41) is 9.34. The number of pyridine rings is 1. The number of carboxylic acids is 1. The van der Waals surface area contributed by atoms with Crippen LogP contribution in [-0.4, -0.2) is 42.4 Å². The number of rotatable bonds is 2. The third-order valence-electron chi connectivity index (χ3n) is 3.06. The van der Waals surface area contributed by atoms with Gasteiger partial charge in [0.2, 0.25) is 0 Å². The van der Waals surface area contributed by atoms with Crippen molar-refractivity contribution in [2.24, 2.45) is 0 Å². The summed E-state index contributed by atoms with van der Waals surface area (Å²) in [6, 6.07) is 1.81. The maximum atomic E-state index is 11.4. The minimum absolute atomic E-state index is 0.308. The molecule has 5 nitrogen and oxygen atoms in total. The van der Waals surface area contributed by atoms with Gasteiger partial charge in [-0.25, -0.2) is 9.78 Å². The molecule has 0 aromatic carbocycles. The van der Waals surface area contributed by atoms with Gasteiger partial charge in [-0.05, 0) is 31.9 Å². The minimum Gasteiger partial charge on any atom is -0.478 e. The molecule has 98 valence electrons. The van der Waals surface area contributed by atoms with Crippen LogP contribution < -0.4 is 4.90 Å². The second-order valence-corrected chi connectivity index (χ2v) is 4.54. The molecule has 1 saturated heterocycles. The summed E-state index contributed by atoms with van der Waals surface area (Å²) in [6.45, 7) is 6.52. The molecule has 1 aliphatic rings. The zero-order valence-corrected chi connectivity index (χ0v) is 10.8. The van der Waals surface area contributed by atoms with Crippen LogP contribution >= 0.6 is 0 Å². The first-order chi connectivity index (χ1) is 8.59. The van der Waals surface area contributed by atoms with Gasteiger partial charge in [-0.1, -0.05) is 0 Å². The van der Waals surface area contributed by atoms with E-state index in [1.807, 2.05) is 18.7 Å². The number of carbonyl (C=O) groups is 1. The van der Waals surface area contributed by atoms with E-state index in [1.165, 1.54) is 0 Å². The van der Waals surface area contributed by atoms with Crippen LogP contribution in [0.5, 0.6) is 0 Å². The van der Waals surface area contributed by atoms with Crippen molar-refractivity contribution in [3.63, 3.8) is 0 Å². The molecule has 1 aliphatic heterocycles. The van der Waals surface area contributed by atoms with Crippen molar-refractivity contribution in [1.82, 2.24) is 4.98 Å². The van der Waals surface area contributed by atoms with E-state index in [9.17, 15) is 9.90 Å². The number of aryl methyl sites for hydroxylation is 2. The normalized spacial score (nSPS) is 16.4. The van der Waals surface area contributed by atoms with Gasteiger partial charge in [0.15, 0.2) is 0 Å². The second kappa shape index (κ2) is 5.35.